The summed E-state index contributed by atoms with van der Waals surface area (Å²) in [4.78, 5) is 16.4. The van der Waals surface area contributed by atoms with E-state index in [4.69, 9.17) is 4.74 Å². The number of nitriles is 1. The van der Waals surface area contributed by atoms with Crippen molar-refractivity contribution in [2.75, 3.05) is 7.11 Å². The van der Waals surface area contributed by atoms with E-state index in [-0.39, 0.29) is 11.6 Å². The zero-order valence-corrected chi connectivity index (χ0v) is 14.2. The Bertz CT molecular complexity index is 764. The molecule has 2 aromatic rings. The van der Waals surface area contributed by atoms with E-state index >= 15 is 0 Å². The van der Waals surface area contributed by atoms with Gasteiger partial charge in [0, 0.05) is 12.4 Å². The molecule has 0 bridgehead atoms. The molecule has 0 saturated carbocycles. The molecule has 0 spiro atoms. The van der Waals surface area contributed by atoms with Crippen LogP contribution in [0.2, 0.25) is 0 Å². The van der Waals surface area contributed by atoms with Crippen molar-refractivity contribution in [2.24, 2.45) is 0 Å². The first-order chi connectivity index (χ1) is 12.1. The largest absolute Gasteiger partial charge is 0.497 e. The fraction of sp³-hybridized carbons (Fsp3) is 0.211. The molecule has 6 nitrogen and oxygen atoms in total. The number of amides is 1. The van der Waals surface area contributed by atoms with E-state index in [1.165, 1.54) is 6.20 Å². The molecule has 1 atom stereocenters. The van der Waals surface area contributed by atoms with E-state index in [9.17, 15) is 10.1 Å². The highest BCUT2D eigenvalue weighted by atomic mass is 16.5. The Morgan fingerprint density at radius 2 is 2.08 bits per heavy atom. The van der Waals surface area contributed by atoms with Gasteiger partial charge in [0.25, 0.3) is 5.91 Å². The first-order valence-corrected chi connectivity index (χ1v) is 7.82. The molecule has 2 rings (SSSR count). The number of methoxy groups -OCH3 is 1. The van der Waals surface area contributed by atoms with Gasteiger partial charge in [-0.3, -0.25) is 9.78 Å². The average molecular weight is 336 g/mol. The molecule has 0 radical (unpaired) electrons. The maximum Gasteiger partial charge on any atom is 0.263 e. The van der Waals surface area contributed by atoms with Gasteiger partial charge in [-0.2, -0.15) is 5.26 Å². The van der Waals surface area contributed by atoms with Gasteiger partial charge in [0.15, 0.2) is 0 Å². The maximum atomic E-state index is 12.2. The average Bonchev–Trinajstić information content (AvgIpc) is 2.66. The number of nitrogens with one attached hydrogen (secondary N) is 2. The van der Waals surface area contributed by atoms with Crippen LogP contribution in [0, 0.1) is 11.3 Å². The second-order valence-electron chi connectivity index (χ2n) is 5.34. The maximum absolute atomic E-state index is 12.2. The topological polar surface area (TPSA) is 87.0 Å². The number of pyridine rings is 1. The second kappa shape index (κ2) is 9.08. The molecule has 1 aromatic carbocycles. The van der Waals surface area contributed by atoms with Crippen molar-refractivity contribution in [1.82, 2.24) is 15.6 Å². The monoisotopic (exact) mass is 336 g/mol. The molecule has 0 fully saturated rings. The third kappa shape index (κ3) is 5.36. The van der Waals surface area contributed by atoms with Crippen LogP contribution in [-0.2, 0) is 11.3 Å². The highest BCUT2D eigenvalue weighted by Gasteiger charge is 2.13. The Morgan fingerprint density at radius 3 is 2.68 bits per heavy atom. The summed E-state index contributed by atoms with van der Waals surface area (Å²) in [5, 5.41) is 14.9. The van der Waals surface area contributed by atoms with E-state index in [2.05, 4.69) is 15.6 Å². The summed E-state index contributed by atoms with van der Waals surface area (Å²) in [6.07, 6.45) is 3.10. The lowest BCUT2D eigenvalue weighted by Crippen LogP contribution is -2.28. The number of rotatable bonds is 7. The summed E-state index contributed by atoms with van der Waals surface area (Å²) in [5.41, 5.74) is 1.76. The van der Waals surface area contributed by atoms with Crippen LogP contribution in [0.1, 0.15) is 24.2 Å². The van der Waals surface area contributed by atoms with Crippen molar-refractivity contribution in [1.29, 1.82) is 5.26 Å². The van der Waals surface area contributed by atoms with Crippen LogP contribution < -0.4 is 15.4 Å². The molecule has 0 aliphatic rings. The van der Waals surface area contributed by atoms with E-state index in [0.717, 1.165) is 17.0 Å². The lowest BCUT2D eigenvalue weighted by Gasteiger charge is -2.14. The lowest BCUT2D eigenvalue weighted by atomic mass is 10.1. The van der Waals surface area contributed by atoms with Crippen LogP contribution >= 0.6 is 0 Å². The minimum absolute atomic E-state index is 0.0105. The molecule has 0 aliphatic carbocycles. The molecular weight excluding hydrogens is 316 g/mol. The predicted octanol–water partition coefficient (Wildman–Crippen LogP) is 2.46. The van der Waals surface area contributed by atoms with E-state index < -0.39 is 5.91 Å². The molecule has 0 aliphatic heterocycles. The van der Waals surface area contributed by atoms with Gasteiger partial charge in [-0.05, 0) is 36.8 Å². The van der Waals surface area contributed by atoms with Crippen molar-refractivity contribution < 1.29 is 9.53 Å². The number of benzene rings is 1. The zero-order valence-electron chi connectivity index (χ0n) is 14.2. The van der Waals surface area contributed by atoms with Gasteiger partial charge in [-0.1, -0.05) is 18.2 Å². The number of aromatic nitrogens is 1. The minimum Gasteiger partial charge on any atom is -0.497 e. The first-order valence-electron chi connectivity index (χ1n) is 7.82. The fourth-order valence-electron chi connectivity index (χ4n) is 2.16. The Labute approximate surface area is 147 Å². The van der Waals surface area contributed by atoms with Crippen molar-refractivity contribution in [3.63, 3.8) is 0 Å². The van der Waals surface area contributed by atoms with Crippen LogP contribution in [0.5, 0.6) is 5.75 Å². The van der Waals surface area contributed by atoms with Crippen molar-refractivity contribution in [2.45, 2.75) is 19.5 Å². The fourth-order valence-corrected chi connectivity index (χ4v) is 2.16. The Kier molecular flexibility index (Phi) is 6.55. The summed E-state index contributed by atoms with van der Waals surface area (Å²) < 4.78 is 5.11. The molecule has 1 amide bonds. The van der Waals surface area contributed by atoms with Crippen molar-refractivity contribution >= 4 is 5.91 Å². The quantitative estimate of drug-likeness (QED) is 0.599. The number of hydrogen-bond donors (Lipinski definition) is 2. The number of ether oxygens (including phenoxy) is 1. The van der Waals surface area contributed by atoms with Gasteiger partial charge in [0.1, 0.15) is 17.4 Å². The summed E-state index contributed by atoms with van der Waals surface area (Å²) >= 11 is 0. The molecule has 1 heterocycles. The van der Waals surface area contributed by atoms with E-state index in [0.29, 0.717) is 6.54 Å². The second-order valence-corrected chi connectivity index (χ2v) is 5.34. The normalized spacial score (nSPS) is 12.0. The van der Waals surface area contributed by atoms with Crippen LogP contribution in [-0.4, -0.2) is 18.0 Å². The van der Waals surface area contributed by atoms with E-state index in [1.807, 2.05) is 55.5 Å². The third-order valence-electron chi connectivity index (χ3n) is 3.58. The lowest BCUT2D eigenvalue weighted by molar-refractivity contribution is -0.117. The minimum atomic E-state index is -0.431. The molecule has 1 unspecified atom stereocenters. The van der Waals surface area contributed by atoms with Crippen LogP contribution in [0.3, 0.4) is 0 Å². The van der Waals surface area contributed by atoms with Gasteiger partial charge >= 0.3 is 0 Å². The molecular formula is C19H20N4O2. The predicted molar refractivity (Wildman–Crippen MR) is 94.3 cm³/mol. The van der Waals surface area contributed by atoms with Crippen molar-refractivity contribution in [3.05, 3.63) is 71.7 Å². The number of carbonyl (C=O) groups is 1. The number of hydrogen-bond acceptors (Lipinski definition) is 5. The zero-order chi connectivity index (χ0) is 18.1. The van der Waals surface area contributed by atoms with Crippen molar-refractivity contribution in [3.8, 4) is 11.8 Å². The SMILES string of the molecule is COc1ccc(C(C)NC(=O)/C(C#N)=C\NCc2ccccn2)cc1. The molecule has 6 heteroatoms. The number of carbonyl (C=O) groups excluding carboxylic acids is 1. The summed E-state index contributed by atoms with van der Waals surface area (Å²) in [6.45, 7) is 2.29. The van der Waals surface area contributed by atoms with Crippen LogP contribution in [0.25, 0.3) is 0 Å². The molecule has 0 saturated heterocycles. The van der Waals surface area contributed by atoms with E-state index in [1.54, 1.807) is 13.3 Å². The molecule has 1 aromatic heterocycles. The summed E-state index contributed by atoms with van der Waals surface area (Å²) in [5.74, 6) is 0.318. The molecule has 2 N–H and O–H groups in total. The van der Waals surface area contributed by atoms with Gasteiger partial charge in [-0.25, -0.2) is 0 Å². The smallest absolute Gasteiger partial charge is 0.263 e. The highest BCUT2D eigenvalue weighted by Crippen LogP contribution is 2.17. The third-order valence-corrected chi connectivity index (χ3v) is 3.58. The van der Waals surface area contributed by atoms with Gasteiger partial charge in [-0.15, -0.1) is 0 Å². The first kappa shape index (κ1) is 18.0. The summed E-state index contributed by atoms with van der Waals surface area (Å²) in [7, 11) is 1.60. The Morgan fingerprint density at radius 1 is 1.32 bits per heavy atom. The summed E-state index contributed by atoms with van der Waals surface area (Å²) in [6, 6.07) is 14.6. The Balaban J connectivity index is 1.94. The highest BCUT2D eigenvalue weighted by molar-refractivity contribution is 5.97. The van der Waals surface area contributed by atoms with Gasteiger partial charge in [0.05, 0.1) is 25.4 Å². The Hall–Kier alpha value is -3.33. The molecule has 128 valence electrons. The van der Waals surface area contributed by atoms with Crippen LogP contribution in [0.15, 0.2) is 60.4 Å². The standard InChI is InChI=1S/C19H20N4O2/c1-14(15-6-8-18(25-2)9-7-15)23-19(24)16(11-20)12-21-13-17-5-3-4-10-22-17/h3-10,12,14,21H,13H2,1-2H3,(H,23,24)/b16-12-. The van der Waals surface area contributed by atoms with Crippen LogP contribution in [0.4, 0.5) is 0 Å². The van der Waals surface area contributed by atoms with Gasteiger partial charge in [0.2, 0.25) is 0 Å². The van der Waals surface area contributed by atoms with Gasteiger partial charge < -0.3 is 15.4 Å². The molecule has 25 heavy (non-hydrogen) atoms. The number of nitrogens with zero attached hydrogens (tertiary/aromatic N) is 2.